The average molecular weight is 545 g/mol. The summed E-state index contributed by atoms with van der Waals surface area (Å²) in [6, 6.07) is 13.8. The molecular formula is C31H40N6O3. The van der Waals surface area contributed by atoms with Crippen LogP contribution < -0.4 is 10.3 Å². The van der Waals surface area contributed by atoms with E-state index in [-0.39, 0.29) is 17.2 Å². The Morgan fingerprint density at radius 3 is 2.65 bits per heavy atom. The number of H-pyrrole nitrogens is 1. The molecule has 0 amide bonds. The number of hydrogen-bond donors (Lipinski definition) is 1. The minimum Gasteiger partial charge on any atom is -0.497 e. The summed E-state index contributed by atoms with van der Waals surface area (Å²) in [6.45, 7) is 12.4. The SMILES string of the molecule is CCC(C)(C)n1nnnc1[C@@H](c1cc2cc(C)cc(C)c2[nH]c1=O)N(Cc1ccc(OC)cc1)C[C@H]1CCCO1. The van der Waals surface area contributed by atoms with Gasteiger partial charge in [-0.15, -0.1) is 5.10 Å². The van der Waals surface area contributed by atoms with E-state index < -0.39 is 6.04 Å². The molecule has 2 atom stereocenters. The number of hydrogen-bond acceptors (Lipinski definition) is 7. The zero-order chi connectivity index (χ0) is 28.4. The molecule has 40 heavy (non-hydrogen) atoms. The summed E-state index contributed by atoms with van der Waals surface area (Å²) in [5.74, 6) is 1.45. The van der Waals surface area contributed by atoms with Crippen molar-refractivity contribution < 1.29 is 9.47 Å². The third-order valence-electron chi connectivity index (χ3n) is 8.17. The normalized spacial score (nSPS) is 16.6. The van der Waals surface area contributed by atoms with Crippen molar-refractivity contribution >= 4 is 10.9 Å². The minimum atomic E-state index is -0.499. The van der Waals surface area contributed by atoms with Crippen LogP contribution in [0.4, 0.5) is 0 Å². The summed E-state index contributed by atoms with van der Waals surface area (Å²) in [5, 5.41) is 14.1. The van der Waals surface area contributed by atoms with E-state index in [0.717, 1.165) is 59.2 Å². The maximum Gasteiger partial charge on any atom is 0.253 e. The molecule has 9 nitrogen and oxygen atoms in total. The van der Waals surface area contributed by atoms with Crippen molar-refractivity contribution in [2.75, 3.05) is 20.3 Å². The number of nitrogens with one attached hydrogen (secondary N) is 1. The monoisotopic (exact) mass is 544 g/mol. The number of methoxy groups -OCH3 is 1. The number of fused-ring (bicyclic) bond motifs is 1. The Morgan fingerprint density at radius 1 is 1.20 bits per heavy atom. The smallest absolute Gasteiger partial charge is 0.253 e. The third-order valence-corrected chi connectivity index (χ3v) is 8.17. The lowest BCUT2D eigenvalue weighted by Crippen LogP contribution is -2.41. The van der Waals surface area contributed by atoms with Crippen LogP contribution in [0.5, 0.6) is 5.75 Å². The van der Waals surface area contributed by atoms with E-state index in [1.54, 1.807) is 7.11 Å². The lowest BCUT2D eigenvalue weighted by atomic mass is 9.97. The molecule has 3 heterocycles. The second-order valence-electron chi connectivity index (χ2n) is 11.5. The van der Waals surface area contributed by atoms with Gasteiger partial charge >= 0.3 is 0 Å². The van der Waals surface area contributed by atoms with Crippen molar-refractivity contribution in [2.24, 2.45) is 0 Å². The lowest BCUT2D eigenvalue weighted by molar-refractivity contribution is 0.0562. The van der Waals surface area contributed by atoms with Crippen LogP contribution in [0.1, 0.15) is 74.2 Å². The van der Waals surface area contributed by atoms with Gasteiger partial charge in [-0.2, -0.15) is 0 Å². The number of ether oxygens (including phenoxy) is 2. The van der Waals surface area contributed by atoms with Crippen molar-refractivity contribution in [3.8, 4) is 5.75 Å². The van der Waals surface area contributed by atoms with Gasteiger partial charge in [-0.05, 0) is 98.2 Å². The molecule has 9 heteroatoms. The maximum absolute atomic E-state index is 13.9. The van der Waals surface area contributed by atoms with Gasteiger partial charge in [-0.25, -0.2) is 4.68 Å². The summed E-state index contributed by atoms with van der Waals surface area (Å²) in [5.41, 5.74) is 4.28. The predicted molar refractivity (Wildman–Crippen MR) is 156 cm³/mol. The first-order chi connectivity index (χ1) is 19.2. The van der Waals surface area contributed by atoms with Gasteiger partial charge in [-0.1, -0.05) is 30.7 Å². The molecule has 0 spiro atoms. The van der Waals surface area contributed by atoms with Crippen molar-refractivity contribution in [3.05, 3.63) is 80.9 Å². The summed E-state index contributed by atoms with van der Waals surface area (Å²) >= 11 is 0. The van der Waals surface area contributed by atoms with Crippen LogP contribution in [-0.4, -0.2) is 56.5 Å². The Labute approximate surface area is 235 Å². The number of aromatic nitrogens is 5. The van der Waals surface area contributed by atoms with Crippen LogP contribution in [0, 0.1) is 13.8 Å². The highest BCUT2D eigenvalue weighted by Crippen LogP contribution is 2.33. The van der Waals surface area contributed by atoms with Gasteiger partial charge in [0.05, 0.1) is 24.3 Å². The number of benzene rings is 2. The molecule has 0 unspecified atom stereocenters. The Balaban J connectivity index is 1.70. The van der Waals surface area contributed by atoms with E-state index in [1.807, 2.05) is 29.8 Å². The van der Waals surface area contributed by atoms with E-state index in [1.165, 1.54) is 0 Å². The summed E-state index contributed by atoms with van der Waals surface area (Å²) in [7, 11) is 1.67. The van der Waals surface area contributed by atoms with Crippen LogP contribution in [-0.2, 0) is 16.8 Å². The number of aromatic amines is 1. The Bertz CT molecular complexity index is 1520. The standard InChI is InChI=1S/C31H40N6O3/c1-7-31(4,5)37-29(33-34-35-37)28(26-17-23-16-20(2)15-21(3)27(23)32-30(26)38)36(19-25-9-8-14-40-25)18-22-10-12-24(39-6)13-11-22/h10-13,15-17,25,28H,7-9,14,18-19H2,1-6H3,(H,32,38)/t25-,28-/m1/s1. The summed E-state index contributed by atoms with van der Waals surface area (Å²) in [4.78, 5) is 19.4. The van der Waals surface area contributed by atoms with Crippen LogP contribution in [0.3, 0.4) is 0 Å². The summed E-state index contributed by atoms with van der Waals surface area (Å²) in [6.07, 6.45) is 2.90. The Morgan fingerprint density at radius 2 is 1.98 bits per heavy atom. The van der Waals surface area contributed by atoms with E-state index in [4.69, 9.17) is 9.47 Å². The molecule has 0 radical (unpaired) electrons. The van der Waals surface area contributed by atoms with Gasteiger partial charge in [-0.3, -0.25) is 9.69 Å². The van der Waals surface area contributed by atoms with Gasteiger partial charge in [0.15, 0.2) is 5.82 Å². The van der Waals surface area contributed by atoms with Crippen LogP contribution in [0.2, 0.25) is 0 Å². The largest absolute Gasteiger partial charge is 0.497 e. The Kier molecular flexibility index (Phi) is 8.05. The number of pyridine rings is 1. The topological polar surface area (TPSA) is 98.2 Å². The highest BCUT2D eigenvalue weighted by molar-refractivity contribution is 5.83. The van der Waals surface area contributed by atoms with Crippen molar-refractivity contribution in [1.29, 1.82) is 0 Å². The molecule has 1 aliphatic rings. The third kappa shape index (κ3) is 5.67. The number of rotatable bonds is 10. The zero-order valence-corrected chi connectivity index (χ0v) is 24.4. The molecule has 1 aliphatic heterocycles. The van der Waals surface area contributed by atoms with Crippen molar-refractivity contribution in [2.45, 2.75) is 78.1 Å². The first-order valence-corrected chi connectivity index (χ1v) is 14.1. The van der Waals surface area contributed by atoms with E-state index in [2.05, 4.69) is 77.4 Å². The Hall–Kier alpha value is -3.56. The fraction of sp³-hybridized carbons (Fsp3) is 0.484. The molecule has 212 valence electrons. The molecule has 0 aliphatic carbocycles. The van der Waals surface area contributed by atoms with Crippen LogP contribution in [0.25, 0.3) is 10.9 Å². The quantitative estimate of drug-likeness (QED) is 0.298. The minimum absolute atomic E-state index is 0.0632. The van der Waals surface area contributed by atoms with Gasteiger partial charge in [0.2, 0.25) is 0 Å². The summed E-state index contributed by atoms with van der Waals surface area (Å²) < 4.78 is 13.4. The molecule has 0 bridgehead atoms. The highest BCUT2D eigenvalue weighted by Gasteiger charge is 2.36. The maximum atomic E-state index is 13.9. The average Bonchev–Trinajstić information content (AvgIpc) is 3.63. The molecular weight excluding hydrogens is 504 g/mol. The fourth-order valence-corrected chi connectivity index (χ4v) is 5.63. The second kappa shape index (κ2) is 11.5. The molecule has 0 saturated carbocycles. The highest BCUT2D eigenvalue weighted by atomic mass is 16.5. The molecule has 2 aromatic carbocycles. The van der Waals surface area contributed by atoms with Gasteiger partial charge in [0, 0.05) is 25.3 Å². The van der Waals surface area contributed by atoms with E-state index >= 15 is 0 Å². The number of aryl methyl sites for hydroxylation is 2. The van der Waals surface area contributed by atoms with Crippen LogP contribution in [0.15, 0.2) is 47.3 Å². The molecule has 1 N–H and O–H groups in total. The number of nitrogens with zero attached hydrogens (tertiary/aromatic N) is 5. The zero-order valence-electron chi connectivity index (χ0n) is 24.4. The molecule has 5 rings (SSSR count). The van der Waals surface area contributed by atoms with E-state index in [0.29, 0.717) is 24.5 Å². The fourth-order valence-electron chi connectivity index (χ4n) is 5.63. The first kappa shape index (κ1) is 28.0. The molecule has 4 aromatic rings. The van der Waals surface area contributed by atoms with E-state index in [9.17, 15) is 4.79 Å². The molecule has 1 fully saturated rings. The number of tetrazole rings is 1. The first-order valence-electron chi connectivity index (χ1n) is 14.1. The lowest BCUT2D eigenvalue weighted by Gasteiger charge is -2.35. The van der Waals surface area contributed by atoms with Gasteiger partial charge in [0.25, 0.3) is 5.56 Å². The van der Waals surface area contributed by atoms with Crippen molar-refractivity contribution in [3.63, 3.8) is 0 Å². The van der Waals surface area contributed by atoms with Gasteiger partial charge in [0.1, 0.15) is 11.8 Å². The molecule has 2 aromatic heterocycles. The van der Waals surface area contributed by atoms with Gasteiger partial charge < -0.3 is 14.5 Å². The van der Waals surface area contributed by atoms with Crippen molar-refractivity contribution in [1.82, 2.24) is 30.1 Å². The predicted octanol–water partition coefficient (Wildman–Crippen LogP) is 5.06. The molecule has 1 saturated heterocycles. The van der Waals surface area contributed by atoms with Crippen LogP contribution >= 0.6 is 0 Å². The second-order valence-corrected chi connectivity index (χ2v) is 11.5.